The van der Waals surface area contributed by atoms with E-state index >= 15 is 0 Å². The Kier molecular flexibility index (Phi) is 3.09. The lowest BCUT2D eigenvalue weighted by molar-refractivity contribution is 0.785. The molecule has 1 saturated carbocycles. The molecule has 0 radical (unpaired) electrons. The van der Waals surface area contributed by atoms with Gasteiger partial charge in [0.25, 0.3) is 0 Å². The van der Waals surface area contributed by atoms with E-state index in [1.807, 2.05) is 44.3 Å². The number of nitrogen functional groups attached to an aromatic ring is 1. The normalized spacial score (nSPS) is 19.2. The summed E-state index contributed by atoms with van der Waals surface area (Å²) in [5, 5.41) is 4.23. The number of hydrogen-bond donors (Lipinski definition) is 1. The zero-order chi connectivity index (χ0) is 17.8. The molecule has 0 saturated heterocycles. The summed E-state index contributed by atoms with van der Waals surface area (Å²) < 4.78 is 3.72. The van der Waals surface area contributed by atoms with Crippen molar-refractivity contribution in [2.45, 2.75) is 32.1 Å². The van der Waals surface area contributed by atoms with Crippen LogP contribution in [0.3, 0.4) is 0 Å². The number of fused-ring (bicyclic) bond motifs is 1. The molecule has 0 aromatic carbocycles. The maximum atomic E-state index is 5.70. The van der Waals surface area contributed by atoms with Crippen LogP contribution >= 0.6 is 0 Å². The maximum absolute atomic E-state index is 5.70. The third kappa shape index (κ3) is 2.42. The lowest BCUT2D eigenvalue weighted by atomic mass is 10.2. The molecule has 2 N–H and O–H groups in total. The van der Waals surface area contributed by atoms with Crippen molar-refractivity contribution in [3.05, 3.63) is 59.7 Å². The van der Waals surface area contributed by atoms with E-state index in [4.69, 9.17) is 10.7 Å². The van der Waals surface area contributed by atoms with Crippen LogP contribution < -0.4 is 5.73 Å². The van der Waals surface area contributed by atoms with Crippen molar-refractivity contribution in [2.24, 2.45) is 0 Å². The van der Waals surface area contributed by atoms with Crippen LogP contribution in [0.1, 0.15) is 41.3 Å². The van der Waals surface area contributed by atoms with E-state index in [9.17, 15) is 0 Å². The van der Waals surface area contributed by atoms with Gasteiger partial charge in [-0.1, -0.05) is 6.07 Å². The monoisotopic (exact) mass is 346 g/mol. The molecule has 0 amide bonds. The number of rotatable bonds is 3. The molecule has 0 aliphatic heterocycles. The predicted octanol–water partition coefficient (Wildman–Crippen LogP) is 2.18. The SMILES string of the molecule is Cc1nc([C@@H]2C[C@H]2c2cn3ccccc3n2)cc(-n2nc(N)nc2C)n1. The van der Waals surface area contributed by atoms with Gasteiger partial charge in [-0.25, -0.2) is 15.0 Å². The minimum absolute atomic E-state index is 0.245. The number of aryl methyl sites for hydroxylation is 2. The Bertz CT molecular complexity index is 1090. The summed E-state index contributed by atoms with van der Waals surface area (Å²) in [6.45, 7) is 3.75. The molecule has 5 rings (SSSR count). The topological polar surface area (TPSA) is 99.8 Å². The molecule has 2 atom stereocenters. The largest absolute Gasteiger partial charge is 0.366 e. The van der Waals surface area contributed by atoms with Gasteiger partial charge >= 0.3 is 0 Å². The van der Waals surface area contributed by atoms with Gasteiger partial charge in [-0.3, -0.25) is 0 Å². The van der Waals surface area contributed by atoms with Gasteiger partial charge in [0.2, 0.25) is 5.95 Å². The summed E-state index contributed by atoms with van der Waals surface area (Å²) in [5.41, 5.74) is 8.80. The molecule has 0 spiro atoms. The quantitative estimate of drug-likeness (QED) is 0.610. The van der Waals surface area contributed by atoms with Gasteiger partial charge in [0.05, 0.1) is 11.4 Å². The molecule has 26 heavy (non-hydrogen) atoms. The van der Waals surface area contributed by atoms with E-state index in [1.54, 1.807) is 4.68 Å². The first kappa shape index (κ1) is 15.0. The molecule has 0 unspecified atom stereocenters. The van der Waals surface area contributed by atoms with E-state index in [0.29, 0.717) is 29.3 Å². The number of nitrogens with two attached hydrogens (primary N) is 1. The van der Waals surface area contributed by atoms with Gasteiger partial charge in [-0.2, -0.15) is 9.67 Å². The first-order valence-corrected chi connectivity index (χ1v) is 8.57. The summed E-state index contributed by atoms with van der Waals surface area (Å²) in [6.07, 6.45) is 5.17. The van der Waals surface area contributed by atoms with Crippen molar-refractivity contribution in [3.8, 4) is 5.82 Å². The molecule has 130 valence electrons. The van der Waals surface area contributed by atoms with Crippen LogP contribution in [0.5, 0.6) is 0 Å². The van der Waals surface area contributed by atoms with Gasteiger partial charge in [0.1, 0.15) is 17.3 Å². The minimum Gasteiger partial charge on any atom is -0.366 e. The van der Waals surface area contributed by atoms with Crippen molar-refractivity contribution in [2.75, 3.05) is 5.73 Å². The smallest absolute Gasteiger partial charge is 0.240 e. The highest BCUT2D eigenvalue weighted by atomic mass is 15.4. The first-order chi connectivity index (χ1) is 12.6. The van der Waals surface area contributed by atoms with Crippen LogP contribution in [0, 0.1) is 13.8 Å². The number of hydrogen-bond acceptors (Lipinski definition) is 6. The second kappa shape index (κ2) is 5.35. The molecular weight excluding hydrogens is 328 g/mol. The van der Waals surface area contributed by atoms with E-state index in [2.05, 4.69) is 30.6 Å². The van der Waals surface area contributed by atoms with Crippen LogP contribution in [0.4, 0.5) is 5.95 Å². The highest BCUT2D eigenvalue weighted by molar-refractivity contribution is 5.43. The third-order valence-electron chi connectivity index (χ3n) is 4.78. The lowest BCUT2D eigenvalue weighted by Gasteiger charge is -2.06. The molecule has 4 heterocycles. The fourth-order valence-electron chi connectivity index (χ4n) is 3.48. The summed E-state index contributed by atoms with van der Waals surface area (Å²) in [5.74, 6) is 3.11. The van der Waals surface area contributed by atoms with Gasteiger partial charge in [0, 0.05) is 30.3 Å². The van der Waals surface area contributed by atoms with Crippen LogP contribution in [0.25, 0.3) is 11.5 Å². The van der Waals surface area contributed by atoms with E-state index in [1.165, 1.54) is 0 Å². The van der Waals surface area contributed by atoms with Gasteiger partial charge in [0.15, 0.2) is 5.82 Å². The second-order valence-corrected chi connectivity index (χ2v) is 6.71. The zero-order valence-electron chi connectivity index (χ0n) is 14.5. The number of aromatic nitrogens is 7. The number of anilines is 1. The van der Waals surface area contributed by atoms with Gasteiger partial charge < -0.3 is 10.1 Å². The van der Waals surface area contributed by atoms with E-state index in [0.717, 1.165) is 23.5 Å². The Balaban J connectivity index is 1.48. The average Bonchev–Trinajstić information content (AvgIpc) is 3.18. The Morgan fingerprint density at radius 2 is 1.88 bits per heavy atom. The Morgan fingerprint density at radius 1 is 1.04 bits per heavy atom. The van der Waals surface area contributed by atoms with Crippen molar-refractivity contribution in [1.82, 2.24) is 34.1 Å². The fourth-order valence-corrected chi connectivity index (χ4v) is 3.48. The lowest BCUT2D eigenvalue weighted by Crippen LogP contribution is -2.06. The van der Waals surface area contributed by atoms with Crippen molar-refractivity contribution >= 4 is 11.6 Å². The Hall–Kier alpha value is -3.29. The molecule has 1 fully saturated rings. The van der Waals surface area contributed by atoms with Crippen molar-refractivity contribution in [3.63, 3.8) is 0 Å². The van der Waals surface area contributed by atoms with Crippen LogP contribution in [0.2, 0.25) is 0 Å². The van der Waals surface area contributed by atoms with Crippen molar-refractivity contribution in [1.29, 1.82) is 0 Å². The van der Waals surface area contributed by atoms with Gasteiger partial charge in [-0.15, -0.1) is 5.10 Å². The summed E-state index contributed by atoms with van der Waals surface area (Å²) >= 11 is 0. The number of nitrogens with zero attached hydrogens (tertiary/aromatic N) is 7. The molecule has 0 bridgehead atoms. The van der Waals surface area contributed by atoms with E-state index in [-0.39, 0.29) is 5.95 Å². The van der Waals surface area contributed by atoms with Crippen molar-refractivity contribution < 1.29 is 0 Å². The number of pyridine rings is 1. The molecule has 1 aliphatic carbocycles. The van der Waals surface area contributed by atoms with Crippen LogP contribution in [0.15, 0.2) is 36.7 Å². The van der Waals surface area contributed by atoms with E-state index < -0.39 is 0 Å². The standard InChI is InChI=1S/C18H18N8/c1-10-20-14(8-17(21-10)26-11(2)22-18(19)24-26)12-7-13(12)15-9-25-6-4-3-5-16(25)23-15/h3-6,8-9,12-13H,7H2,1-2H3,(H2,19,24)/t12-,13-/m1/s1. The molecule has 4 aromatic heterocycles. The highest BCUT2D eigenvalue weighted by Gasteiger charge is 2.42. The Labute approximate surface area is 149 Å². The third-order valence-corrected chi connectivity index (χ3v) is 4.78. The maximum Gasteiger partial charge on any atom is 0.240 e. The molecule has 1 aliphatic rings. The highest BCUT2D eigenvalue weighted by Crippen LogP contribution is 2.53. The summed E-state index contributed by atoms with van der Waals surface area (Å²) in [4.78, 5) is 18.0. The molecule has 4 aromatic rings. The average molecular weight is 346 g/mol. The molecule has 8 nitrogen and oxygen atoms in total. The Morgan fingerprint density at radius 3 is 2.65 bits per heavy atom. The van der Waals surface area contributed by atoms with Crippen LogP contribution in [-0.2, 0) is 0 Å². The first-order valence-electron chi connectivity index (χ1n) is 8.57. The summed E-state index contributed by atoms with van der Waals surface area (Å²) in [7, 11) is 0. The van der Waals surface area contributed by atoms with Gasteiger partial charge in [-0.05, 0) is 32.4 Å². The minimum atomic E-state index is 0.245. The summed E-state index contributed by atoms with van der Waals surface area (Å²) in [6, 6.07) is 8.01. The molecule has 8 heteroatoms. The fraction of sp³-hybridized carbons (Fsp3) is 0.278. The number of imidazole rings is 1. The molecular formula is C18H18N8. The predicted molar refractivity (Wildman–Crippen MR) is 96.1 cm³/mol. The zero-order valence-corrected chi connectivity index (χ0v) is 14.5. The van der Waals surface area contributed by atoms with Crippen LogP contribution in [-0.4, -0.2) is 34.1 Å². The second-order valence-electron chi connectivity index (χ2n) is 6.71.